The maximum Gasteiger partial charge on any atom is 0.0613 e. The predicted octanol–water partition coefficient (Wildman–Crippen LogP) is 3.63. The molecule has 0 spiro atoms. The Morgan fingerprint density at radius 2 is 1.39 bits per heavy atom. The van der Waals surface area contributed by atoms with E-state index in [1.54, 1.807) is 0 Å². The van der Waals surface area contributed by atoms with Crippen molar-refractivity contribution < 1.29 is 5.11 Å². The SMILES string of the molecule is CC(CO)(NC1CCCCCC1)C1CCCCC1. The molecule has 2 fully saturated rings. The first-order valence-electron chi connectivity index (χ1n) is 8.13. The topological polar surface area (TPSA) is 32.3 Å². The van der Waals surface area contributed by atoms with Crippen LogP contribution in [-0.2, 0) is 0 Å². The highest BCUT2D eigenvalue weighted by Gasteiger charge is 2.35. The zero-order valence-corrected chi connectivity index (χ0v) is 12.1. The Hall–Kier alpha value is -0.0800. The standard InChI is InChI=1S/C16H31NO/c1-16(13-18,14-9-5-4-6-10-14)17-15-11-7-2-3-8-12-15/h14-15,17-18H,2-13H2,1H3. The van der Waals surface area contributed by atoms with Gasteiger partial charge in [0.1, 0.15) is 0 Å². The molecule has 2 aliphatic carbocycles. The summed E-state index contributed by atoms with van der Waals surface area (Å²) in [5, 5.41) is 13.7. The maximum absolute atomic E-state index is 9.88. The highest BCUT2D eigenvalue weighted by Crippen LogP contribution is 2.33. The van der Waals surface area contributed by atoms with E-state index in [1.807, 2.05) is 0 Å². The third kappa shape index (κ3) is 3.71. The minimum atomic E-state index is -0.0323. The smallest absolute Gasteiger partial charge is 0.0613 e. The molecular formula is C16H31NO. The molecule has 2 heteroatoms. The first kappa shape index (κ1) is 14.3. The zero-order chi connectivity index (χ0) is 12.8. The quantitative estimate of drug-likeness (QED) is 0.750. The van der Waals surface area contributed by atoms with Crippen LogP contribution in [0.4, 0.5) is 0 Å². The average Bonchev–Trinajstić information content (AvgIpc) is 2.68. The van der Waals surface area contributed by atoms with Gasteiger partial charge in [0, 0.05) is 11.6 Å². The maximum atomic E-state index is 9.88. The molecule has 0 amide bonds. The van der Waals surface area contributed by atoms with Crippen LogP contribution < -0.4 is 5.32 Å². The van der Waals surface area contributed by atoms with Crippen LogP contribution in [0, 0.1) is 5.92 Å². The molecule has 1 atom stereocenters. The fourth-order valence-electron chi connectivity index (χ4n) is 3.92. The Kier molecular flexibility index (Phi) is 5.50. The fraction of sp³-hybridized carbons (Fsp3) is 1.00. The highest BCUT2D eigenvalue weighted by molar-refractivity contribution is 4.94. The summed E-state index contributed by atoms with van der Waals surface area (Å²) in [6.07, 6.45) is 14.8. The van der Waals surface area contributed by atoms with E-state index in [9.17, 15) is 5.11 Å². The van der Waals surface area contributed by atoms with E-state index >= 15 is 0 Å². The Morgan fingerprint density at radius 1 is 0.889 bits per heavy atom. The summed E-state index contributed by atoms with van der Waals surface area (Å²) in [6.45, 7) is 2.56. The summed E-state index contributed by atoms with van der Waals surface area (Å²) in [6, 6.07) is 0.645. The van der Waals surface area contributed by atoms with Crippen molar-refractivity contribution in [1.82, 2.24) is 5.32 Å². The van der Waals surface area contributed by atoms with Crippen LogP contribution in [0.15, 0.2) is 0 Å². The lowest BCUT2D eigenvalue weighted by molar-refractivity contribution is 0.0817. The molecule has 2 aliphatic rings. The average molecular weight is 253 g/mol. The third-order valence-corrected chi connectivity index (χ3v) is 5.22. The molecule has 0 aromatic heterocycles. The molecule has 0 saturated heterocycles. The Bertz CT molecular complexity index is 229. The molecule has 2 rings (SSSR count). The summed E-state index contributed by atoms with van der Waals surface area (Å²) in [4.78, 5) is 0. The number of nitrogens with one attached hydrogen (secondary N) is 1. The second kappa shape index (κ2) is 6.91. The van der Waals surface area contributed by atoms with Gasteiger partial charge >= 0.3 is 0 Å². The van der Waals surface area contributed by atoms with Crippen molar-refractivity contribution in [3.05, 3.63) is 0 Å². The van der Waals surface area contributed by atoms with E-state index in [-0.39, 0.29) is 5.54 Å². The van der Waals surface area contributed by atoms with E-state index < -0.39 is 0 Å². The first-order valence-corrected chi connectivity index (χ1v) is 8.13. The third-order valence-electron chi connectivity index (χ3n) is 5.22. The molecule has 18 heavy (non-hydrogen) atoms. The summed E-state index contributed by atoms with van der Waals surface area (Å²) >= 11 is 0. The lowest BCUT2D eigenvalue weighted by Gasteiger charge is -2.42. The largest absolute Gasteiger partial charge is 0.394 e. The number of aliphatic hydroxyl groups is 1. The van der Waals surface area contributed by atoms with Gasteiger partial charge in [0.25, 0.3) is 0 Å². The molecule has 2 saturated carbocycles. The molecule has 0 radical (unpaired) electrons. The van der Waals surface area contributed by atoms with Gasteiger partial charge in [0.2, 0.25) is 0 Å². The van der Waals surface area contributed by atoms with Crippen LogP contribution in [-0.4, -0.2) is 23.3 Å². The van der Waals surface area contributed by atoms with E-state index in [1.165, 1.54) is 70.6 Å². The van der Waals surface area contributed by atoms with Crippen molar-refractivity contribution in [1.29, 1.82) is 0 Å². The van der Waals surface area contributed by atoms with Gasteiger partial charge in [-0.25, -0.2) is 0 Å². The van der Waals surface area contributed by atoms with Crippen molar-refractivity contribution in [3.8, 4) is 0 Å². The second-order valence-corrected chi connectivity index (χ2v) is 6.74. The van der Waals surface area contributed by atoms with Crippen molar-refractivity contribution in [2.45, 2.75) is 89.1 Å². The first-order chi connectivity index (χ1) is 8.74. The van der Waals surface area contributed by atoms with Gasteiger partial charge in [-0.1, -0.05) is 44.9 Å². The van der Waals surface area contributed by atoms with Gasteiger partial charge in [-0.15, -0.1) is 0 Å². The lowest BCUT2D eigenvalue weighted by atomic mass is 9.75. The van der Waals surface area contributed by atoms with Gasteiger partial charge in [-0.05, 0) is 38.5 Å². The van der Waals surface area contributed by atoms with Crippen molar-refractivity contribution >= 4 is 0 Å². The predicted molar refractivity (Wildman–Crippen MR) is 76.7 cm³/mol. The van der Waals surface area contributed by atoms with Crippen LogP contribution in [0.5, 0.6) is 0 Å². The Labute approximate surface area is 113 Å². The number of aliphatic hydroxyl groups excluding tert-OH is 1. The number of hydrogen-bond acceptors (Lipinski definition) is 2. The van der Waals surface area contributed by atoms with Crippen LogP contribution in [0.1, 0.15) is 77.6 Å². The van der Waals surface area contributed by atoms with Crippen LogP contribution in [0.25, 0.3) is 0 Å². The monoisotopic (exact) mass is 253 g/mol. The molecule has 0 bridgehead atoms. The highest BCUT2D eigenvalue weighted by atomic mass is 16.3. The summed E-state index contributed by atoms with van der Waals surface area (Å²) in [5.74, 6) is 0.680. The lowest BCUT2D eigenvalue weighted by Crippen LogP contribution is -2.56. The minimum Gasteiger partial charge on any atom is -0.394 e. The molecule has 0 heterocycles. The van der Waals surface area contributed by atoms with Gasteiger partial charge in [-0.2, -0.15) is 0 Å². The summed E-state index contributed by atoms with van der Waals surface area (Å²) < 4.78 is 0. The van der Waals surface area contributed by atoms with Crippen molar-refractivity contribution in [2.75, 3.05) is 6.61 Å². The van der Waals surface area contributed by atoms with Crippen LogP contribution in [0.2, 0.25) is 0 Å². The molecule has 2 N–H and O–H groups in total. The normalized spacial score (nSPS) is 27.7. The number of hydrogen-bond donors (Lipinski definition) is 2. The van der Waals surface area contributed by atoms with Crippen LogP contribution >= 0.6 is 0 Å². The fourth-order valence-corrected chi connectivity index (χ4v) is 3.92. The van der Waals surface area contributed by atoms with Gasteiger partial charge in [0.15, 0.2) is 0 Å². The van der Waals surface area contributed by atoms with Gasteiger partial charge in [-0.3, -0.25) is 0 Å². The molecule has 1 unspecified atom stereocenters. The minimum absolute atomic E-state index is 0.0323. The van der Waals surface area contributed by atoms with Crippen LogP contribution in [0.3, 0.4) is 0 Å². The van der Waals surface area contributed by atoms with Gasteiger partial charge < -0.3 is 10.4 Å². The molecular weight excluding hydrogens is 222 g/mol. The Balaban J connectivity index is 1.92. The molecule has 106 valence electrons. The zero-order valence-electron chi connectivity index (χ0n) is 12.1. The number of rotatable bonds is 4. The van der Waals surface area contributed by atoms with E-state index in [0.29, 0.717) is 18.6 Å². The summed E-state index contributed by atoms with van der Waals surface area (Å²) in [7, 11) is 0. The second-order valence-electron chi connectivity index (χ2n) is 6.74. The van der Waals surface area contributed by atoms with Gasteiger partial charge in [0.05, 0.1) is 6.61 Å². The Morgan fingerprint density at radius 3 is 1.94 bits per heavy atom. The van der Waals surface area contributed by atoms with E-state index in [4.69, 9.17) is 0 Å². The van der Waals surface area contributed by atoms with Crippen molar-refractivity contribution in [3.63, 3.8) is 0 Å². The van der Waals surface area contributed by atoms with E-state index in [2.05, 4.69) is 12.2 Å². The molecule has 0 aliphatic heterocycles. The van der Waals surface area contributed by atoms with E-state index in [0.717, 1.165) is 0 Å². The van der Waals surface area contributed by atoms with Crippen molar-refractivity contribution in [2.24, 2.45) is 5.92 Å². The molecule has 0 aromatic rings. The molecule has 0 aromatic carbocycles. The summed E-state index contributed by atoms with van der Waals surface area (Å²) in [5.41, 5.74) is -0.0323. The molecule has 2 nitrogen and oxygen atoms in total.